The third-order valence-corrected chi connectivity index (χ3v) is 2.54. The van der Waals surface area contributed by atoms with Crippen molar-refractivity contribution < 1.29 is 0 Å². The lowest BCUT2D eigenvalue weighted by molar-refractivity contribution is 1.19. The van der Waals surface area contributed by atoms with Crippen molar-refractivity contribution in [1.82, 2.24) is 15.0 Å². The summed E-state index contributed by atoms with van der Waals surface area (Å²) in [6, 6.07) is 9.94. The van der Waals surface area contributed by atoms with Gasteiger partial charge >= 0.3 is 0 Å². The molecule has 0 radical (unpaired) electrons. The minimum absolute atomic E-state index is 0. The Balaban J connectivity index is 0.00000108. The number of anilines is 1. The van der Waals surface area contributed by atoms with E-state index >= 15 is 0 Å². The maximum atomic E-state index is 5.58. The second-order valence-electron chi connectivity index (χ2n) is 3.55. The lowest BCUT2D eigenvalue weighted by atomic mass is 10.1. The van der Waals surface area contributed by atoms with E-state index in [9.17, 15) is 0 Å². The van der Waals surface area contributed by atoms with Crippen LogP contribution in [0.25, 0.3) is 22.2 Å². The van der Waals surface area contributed by atoms with Crippen molar-refractivity contribution >= 4 is 29.3 Å². The highest BCUT2D eigenvalue weighted by Gasteiger charge is 2.06. The number of hydrogen-bond donors (Lipinski definition) is 2. The fraction of sp³-hybridized carbons (Fsp3) is 0. The van der Waals surface area contributed by atoms with Crippen LogP contribution in [-0.4, -0.2) is 15.0 Å². The molecule has 0 aliphatic heterocycles. The Morgan fingerprint density at radius 3 is 2.76 bits per heavy atom. The van der Waals surface area contributed by atoms with Gasteiger partial charge in [-0.1, -0.05) is 18.2 Å². The second kappa shape index (κ2) is 4.43. The zero-order valence-electron chi connectivity index (χ0n) is 8.92. The van der Waals surface area contributed by atoms with Gasteiger partial charge in [0, 0.05) is 28.9 Å². The number of aromatic amines is 1. The number of nitrogens with zero attached hydrogens (tertiary/aromatic N) is 2. The summed E-state index contributed by atoms with van der Waals surface area (Å²) in [4.78, 5) is 11.3. The van der Waals surface area contributed by atoms with Crippen molar-refractivity contribution in [3.8, 4) is 11.3 Å². The Bertz CT molecular complexity index is 648. The first-order valence-electron chi connectivity index (χ1n) is 4.99. The second-order valence-corrected chi connectivity index (χ2v) is 3.55. The molecular formula is C12H11ClN4. The average Bonchev–Trinajstić information content (AvgIpc) is 2.72. The van der Waals surface area contributed by atoms with Gasteiger partial charge in [-0.25, -0.2) is 9.97 Å². The van der Waals surface area contributed by atoms with Crippen molar-refractivity contribution in [3.63, 3.8) is 0 Å². The summed E-state index contributed by atoms with van der Waals surface area (Å²) in [6.07, 6.45) is 3.60. The first-order chi connectivity index (χ1) is 7.84. The molecule has 0 spiro atoms. The van der Waals surface area contributed by atoms with Gasteiger partial charge in [0.15, 0.2) is 0 Å². The Morgan fingerprint density at radius 2 is 1.94 bits per heavy atom. The molecule has 2 aromatic heterocycles. The monoisotopic (exact) mass is 246 g/mol. The van der Waals surface area contributed by atoms with Crippen LogP contribution < -0.4 is 5.73 Å². The molecular weight excluding hydrogens is 236 g/mol. The zero-order valence-corrected chi connectivity index (χ0v) is 9.74. The molecule has 3 rings (SSSR count). The molecule has 2 heterocycles. The van der Waals surface area contributed by atoms with Crippen molar-refractivity contribution in [2.24, 2.45) is 0 Å². The lowest BCUT2D eigenvalue weighted by Crippen LogP contribution is -1.94. The maximum Gasteiger partial charge on any atom is 0.220 e. The molecule has 1 aromatic carbocycles. The number of H-pyrrole nitrogens is 1. The molecule has 3 aromatic rings. The number of para-hydroxylation sites is 1. The van der Waals surface area contributed by atoms with Crippen molar-refractivity contribution in [3.05, 3.63) is 42.7 Å². The fourth-order valence-corrected chi connectivity index (χ4v) is 1.81. The van der Waals surface area contributed by atoms with E-state index < -0.39 is 0 Å². The van der Waals surface area contributed by atoms with Crippen molar-refractivity contribution in [1.29, 1.82) is 0 Å². The predicted molar refractivity (Wildman–Crippen MR) is 71.0 cm³/mol. The highest BCUT2D eigenvalue weighted by atomic mass is 35.5. The molecule has 0 fully saturated rings. The van der Waals surface area contributed by atoms with Gasteiger partial charge in [-0.15, -0.1) is 12.4 Å². The Hall–Kier alpha value is -2.07. The van der Waals surface area contributed by atoms with E-state index in [0.29, 0.717) is 5.95 Å². The average molecular weight is 247 g/mol. The van der Waals surface area contributed by atoms with E-state index in [-0.39, 0.29) is 12.4 Å². The number of rotatable bonds is 1. The summed E-state index contributed by atoms with van der Waals surface area (Å²) in [5.41, 5.74) is 8.55. The number of nitrogen functional groups attached to an aromatic ring is 1. The van der Waals surface area contributed by atoms with E-state index in [1.807, 2.05) is 30.5 Å². The molecule has 0 aliphatic rings. The third-order valence-electron chi connectivity index (χ3n) is 2.54. The van der Waals surface area contributed by atoms with Gasteiger partial charge in [0.1, 0.15) is 0 Å². The molecule has 0 saturated heterocycles. The van der Waals surface area contributed by atoms with Gasteiger partial charge in [-0.2, -0.15) is 0 Å². The molecule has 5 heteroatoms. The highest BCUT2D eigenvalue weighted by Crippen LogP contribution is 2.26. The van der Waals surface area contributed by atoms with Crippen LogP contribution in [0.15, 0.2) is 42.7 Å². The minimum atomic E-state index is 0. The van der Waals surface area contributed by atoms with Gasteiger partial charge in [0.2, 0.25) is 5.95 Å². The smallest absolute Gasteiger partial charge is 0.220 e. The van der Waals surface area contributed by atoms with Crippen molar-refractivity contribution in [2.45, 2.75) is 0 Å². The van der Waals surface area contributed by atoms with Crippen LogP contribution in [0.1, 0.15) is 0 Å². The molecule has 0 saturated carbocycles. The van der Waals surface area contributed by atoms with Gasteiger partial charge in [0.05, 0.1) is 5.69 Å². The molecule has 3 N–H and O–H groups in total. The first kappa shape index (κ1) is 11.4. The minimum Gasteiger partial charge on any atom is -0.368 e. The van der Waals surface area contributed by atoms with Crippen LogP contribution in [0.2, 0.25) is 0 Å². The van der Waals surface area contributed by atoms with E-state index in [2.05, 4.69) is 21.0 Å². The summed E-state index contributed by atoms with van der Waals surface area (Å²) in [5.74, 6) is 0.294. The number of nitrogens with two attached hydrogens (primary N) is 1. The highest BCUT2D eigenvalue weighted by molar-refractivity contribution is 5.94. The lowest BCUT2D eigenvalue weighted by Gasteiger charge is -1.98. The topological polar surface area (TPSA) is 67.6 Å². The van der Waals surface area contributed by atoms with E-state index in [4.69, 9.17) is 5.73 Å². The normalized spacial score (nSPS) is 10.1. The SMILES string of the molecule is Cl.Nc1nccc(-c2c[nH]c3ccccc23)n1. The van der Waals surface area contributed by atoms with Crippen molar-refractivity contribution in [2.75, 3.05) is 5.73 Å². The summed E-state index contributed by atoms with van der Waals surface area (Å²) in [5, 5.41) is 1.14. The molecule has 0 unspecified atom stereocenters. The zero-order chi connectivity index (χ0) is 11.0. The molecule has 4 nitrogen and oxygen atoms in total. The molecule has 0 atom stereocenters. The molecule has 86 valence electrons. The van der Waals surface area contributed by atoms with Crippen LogP contribution in [0.4, 0.5) is 5.95 Å². The van der Waals surface area contributed by atoms with E-state index in [0.717, 1.165) is 22.2 Å². The fourth-order valence-electron chi connectivity index (χ4n) is 1.81. The van der Waals surface area contributed by atoms with E-state index in [1.54, 1.807) is 6.20 Å². The molecule has 17 heavy (non-hydrogen) atoms. The summed E-state index contributed by atoms with van der Waals surface area (Å²) in [6.45, 7) is 0. The van der Waals surface area contributed by atoms with Crippen LogP contribution >= 0.6 is 12.4 Å². The quantitative estimate of drug-likeness (QED) is 0.694. The summed E-state index contributed by atoms with van der Waals surface area (Å²) in [7, 11) is 0. The number of nitrogens with one attached hydrogen (secondary N) is 1. The number of aromatic nitrogens is 3. The summed E-state index contributed by atoms with van der Waals surface area (Å²) >= 11 is 0. The number of fused-ring (bicyclic) bond motifs is 1. The Kier molecular flexibility index (Phi) is 2.97. The Labute approximate surface area is 104 Å². The number of hydrogen-bond acceptors (Lipinski definition) is 3. The number of halogens is 1. The molecule has 0 amide bonds. The molecule has 0 bridgehead atoms. The summed E-state index contributed by atoms with van der Waals surface area (Å²) < 4.78 is 0. The first-order valence-corrected chi connectivity index (χ1v) is 4.99. The number of benzene rings is 1. The van der Waals surface area contributed by atoms with Gasteiger partial charge < -0.3 is 10.7 Å². The Morgan fingerprint density at radius 1 is 1.12 bits per heavy atom. The van der Waals surface area contributed by atoms with Crippen LogP contribution in [0.3, 0.4) is 0 Å². The van der Waals surface area contributed by atoms with E-state index in [1.165, 1.54) is 0 Å². The van der Waals surface area contributed by atoms with Crippen LogP contribution in [-0.2, 0) is 0 Å². The standard InChI is InChI=1S/C12H10N4.ClH/c13-12-14-6-5-11(16-12)9-7-15-10-4-2-1-3-8(9)10;/h1-7,15H,(H2,13,14,16);1H. The van der Waals surface area contributed by atoms with Crippen LogP contribution in [0.5, 0.6) is 0 Å². The van der Waals surface area contributed by atoms with Crippen LogP contribution in [0, 0.1) is 0 Å². The maximum absolute atomic E-state index is 5.58. The molecule has 0 aliphatic carbocycles. The van der Waals surface area contributed by atoms with Gasteiger partial charge in [-0.05, 0) is 12.1 Å². The predicted octanol–water partition coefficient (Wildman–Crippen LogP) is 2.63. The van der Waals surface area contributed by atoms with Gasteiger partial charge in [-0.3, -0.25) is 0 Å². The van der Waals surface area contributed by atoms with Gasteiger partial charge in [0.25, 0.3) is 0 Å². The largest absolute Gasteiger partial charge is 0.368 e. The third kappa shape index (κ3) is 1.94.